The molecule has 2 atom stereocenters. The van der Waals surface area contributed by atoms with Gasteiger partial charge in [0, 0.05) is 46.9 Å². The van der Waals surface area contributed by atoms with Gasteiger partial charge in [-0.2, -0.15) is 0 Å². The van der Waals surface area contributed by atoms with E-state index in [1.807, 2.05) is 6.07 Å². The molecule has 0 spiro atoms. The molecule has 0 aromatic heterocycles. The highest BCUT2D eigenvalue weighted by Gasteiger charge is 2.41. The van der Waals surface area contributed by atoms with Crippen LogP contribution in [0, 0.1) is 0 Å². The fourth-order valence-electron chi connectivity index (χ4n) is 3.79. The minimum absolute atomic E-state index is 0. The van der Waals surface area contributed by atoms with Crippen molar-refractivity contribution < 1.29 is 14.3 Å². The predicted molar refractivity (Wildman–Crippen MR) is 124 cm³/mol. The summed E-state index contributed by atoms with van der Waals surface area (Å²) < 4.78 is 11.0. The summed E-state index contributed by atoms with van der Waals surface area (Å²) in [6.45, 7) is 5.41. The van der Waals surface area contributed by atoms with Crippen LogP contribution in [0.25, 0.3) is 0 Å². The highest BCUT2D eigenvalue weighted by molar-refractivity contribution is 14.0. The number of benzene rings is 1. The lowest BCUT2D eigenvalue weighted by Crippen LogP contribution is -2.50. The number of halogens is 1. The fourth-order valence-corrected chi connectivity index (χ4v) is 3.79. The molecule has 8 nitrogen and oxygen atoms in total. The van der Waals surface area contributed by atoms with Gasteiger partial charge in [-0.3, -0.25) is 14.7 Å². The molecular formula is C20H32IN5O3. The van der Waals surface area contributed by atoms with Crippen LogP contribution >= 0.6 is 24.0 Å². The van der Waals surface area contributed by atoms with Crippen molar-refractivity contribution in [3.8, 4) is 0 Å². The first-order valence-electron chi connectivity index (χ1n) is 9.82. The van der Waals surface area contributed by atoms with Crippen molar-refractivity contribution in [2.24, 2.45) is 4.99 Å². The Labute approximate surface area is 190 Å². The molecule has 1 amide bonds. The molecule has 0 bridgehead atoms. The third-order valence-corrected chi connectivity index (χ3v) is 5.19. The molecule has 9 heteroatoms. The number of amides is 1. The van der Waals surface area contributed by atoms with Crippen LogP contribution in [-0.2, 0) is 20.8 Å². The number of guanidine groups is 1. The Hall–Kier alpha value is -1.43. The van der Waals surface area contributed by atoms with Gasteiger partial charge >= 0.3 is 0 Å². The average Bonchev–Trinajstić information content (AvgIpc) is 3.15. The molecule has 0 aliphatic carbocycles. The molecule has 0 radical (unpaired) electrons. The van der Waals surface area contributed by atoms with E-state index in [9.17, 15) is 4.79 Å². The molecule has 2 heterocycles. The Kier molecular flexibility index (Phi) is 10.1. The Morgan fingerprint density at radius 1 is 1.28 bits per heavy atom. The van der Waals surface area contributed by atoms with E-state index in [2.05, 4.69) is 49.7 Å². The summed E-state index contributed by atoms with van der Waals surface area (Å²) in [5, 5.41) is 5.97. The number of likely N-dealkylation sites (tertiary alicyclic amines) is 1. The molecule has 3 rings (SSSR count). The average molecular weight is 517 g/mol. The SMILES string of the molecule is CN=C(NCC(=O)NCCOC)N1CC2OCCN(Cc3ccccc3)C2C1.I. The van der Waals surface area contributed by atoms with Gasteiger partial charge in [0.2, 0.25) is 5.91 Å². The van der Waals surface area contributed by atoms with Crippen molar-refractivity contribution in [1.82, 2.24) is 20.4 Å². The topological polar surface area (TPSA) is 78.4 Å². The van der Waals surface area contributed by atoms with Crippen LogP contribution in [0.2, 0.25) is 0 Å². The summed E-state index contributed by atoms with van der Waals surface area (Å²) in [5.74, 6) is 0.663. The van der Waals surface area contributed by atoms with Crippen LogP contribution in [-0.4, -0.2) is 93.9 Å². The fraction of sp³-hybridized carbons (Fsp3) is 0.600. The van der Waals surface area contributed by atoms with Crippen LogP contribution in [0.3, 0.4) is 0 Å². The summed E-state index contributed by atoms with van der Waals surface area (Å²) in [6.07, 6.45) is 0.159. The summed E-state index contributed by atoms with van der Waals surface area (Å²) in [7, 11) is 3.36. The molecule has 162 valence electrons. The number of aliphatic imine (C=N–C) groups is 1. The number of carbonyl (C=O) groups is 1. The van der Waals surface area contributed by atoms with Gasteiger partial charge in [-0.15, -0.1) is 24.0 Å². The number of carbonyl (C=O) groups excluding carboxylic acids is 1. The van der Waals surface area contributed by atoms with E-state index >= 15 is 0 Å². The largest absolute Gasteiger partial charge is 0.383 e. The van der Waals surface area contributed by atoms with Crippen molar-refractivity contribution in [1.29, 1.82) is 0 Å². The maximum Gasteiger partial charge on any atom is 0.239 e. The maximum atomic E-state index is 11.9. The Morgan fingerprint density at radius 3 is 2.79 bits per heavy atom. The molecule has 1 aromatic carbocycles. The van der Waals surface area contributed by atoms with Crippen LogP contribution in [0.15, 0.2) is 35.3 Å². The highest BCUT2D eigenvalue weighted by atomic mass is 127. The van der Waals surface area contributed by atoms with Crippen LogP contribution in [0.1, 0.15) is 5.56 Å². The second kappa shape index (κ2) is 12.3. The number of nitrogens with one attached hydrogen (secondary N) is 2. The molecule has 2 unspecified atom stereocenters. The van der Waals surface area contributed by atoms with Gasteiger partial charge in [-0.25, -0.2) is 0 Å². The van der Waals surface area contributed by atoms with E-state index in [0.717, 1.165) is 38.7 Å². The number of morpholine rings is 1. The number of rotatable bonds is 7. The first-order chi connectivity index (χ1) is 13.7. The van der Waals surface area contributed by atoms with Crippen LogP contribution in [0.5, 0.6) is 0 Å². The van der Waals surface area contributed by atoms with E-state index < -0.39 is 0 Å². The van der Waals surface area contributed by atoms with E-state index in [1.54, 1.807) is 14.2 Å². The van der Waals surface area contributed by atoms with Gasteiger partial charge in [-0.05, 0) is 5.56 Å². The van der Waals surface area contributed by atoms with Crippen molar-refractivity contribution in [2.45, 2.75) is 18.7 Å². The summed E-state index contributed by atoms with van der Waals surface area (Å²) in [6, 6.07) is 10.9. The molecular weight excluding hydrogens is 485 g/mol. The van der Waals surface area contributed by atoms with Gasteiger partial charge in [0.1, 0.15) is 0 Å². The lowest BCUT2D eigenvalue weighted by atomic mass is 10.1. The molecule has 2 saturated heterocycles. The highest BCUT2D eigenvalue weighted by Crippen LogP contribution is 2.24. The predicted octanol–water partition coefficient (Wildman–Crippen LogP) is 0.528. The second-order valence-corrected chi connectivity index (χ2v) is 7.08. The lowest BCUT2D eigenvalue weighted by Gasteiger charge is -2.36. The van der Waals surface area contributed by atoms with Crippen molar-refractivity contribution >= 4 is 35.8 Å². The number of hydrogen-bond acceptors (Lipinski definition) is 5. The zero-order valence-corrected chi connectivity index (χ0v) is 19.5. The van der Waals surface area contributed by atoms with Crippen molar-refractivity contribution in [2.75, 3.05) is 60.1 Å². The minimum Gasteiger partial charge on any atom is -0.383 e. The second-order valence-electron chi connectivity index (χ2n) is 7.08. The van der Waals surface area contributed by atoms with Crippen LogP contribution < -0.4 is 10.6 Å². The van der Waals surface area contributed by atoms with Gasteiger partial charge in [0.05, 0.1) is 31.9 Å². The third-order valence-electron chi connectivity index (χ3n) is 5.19. The summed E-state index contributed by atoms with van der Waals surface area (Å²) in [4.78, 5) is 21.0. The Bertz CT molecular complexity index is 661. The van der Waals surface area contributed by atoms with E-state index in [1.165, 1.54) is 5.56 Å². The Balaban J connectivity index is 0.00000300. The molecule has 2 N–H and O–H groups in total. The zero-order chi connectivity index (χ0) is 19.8. The quantitative estimate of drug-likeness (QED) is 0.238. The maximum absolute atomic E-state index is 11.9. The minimum atomic E-state index is -0.0724. The molecule has 2 fully saturated rings. The number of fused-ring (bicyclic) bond motifs is 1. The van der Waals surface area contributed by atoms with Crippen molar-refractivity contribution in [3.63, 3.8) is 0 Å². The lowest BCUT2D eigenvalue weighted by molar-refractivity contribution is -0.120. The molecule has 1 aromatic rings. The normalized spacial score (nSPS) is 22.0. The first-order valence-corrected chi connectivity index (χ1v) is 9.82. The Morgan fingerprint density at radius 2 is 2.07 bits per heavy atom. The van der Waals surface area contributed by atoms with E-state index in [0.29, 0.717) is 19.2 Å². The number of nitrogens with zero attached hydrogens (tertiary/aromatic N) is 3. The molecule has 29 heavy (non-hydrogen) atoms. The molecule has 2 aliphatic rings. The third kappa shape index (κ3) is 6.80. The zero-order valence-electron chi connectivity index (χ0n) is 17.2. The number of ether oxygens (including phenoxy) is 2. The van der Waals surface area contributed by atoms with E-state index in [4.69, 9.17) is 9.47 Å². The standard InChI is InChI=1S/C20H31N5O3.HI/c1-21-20(23-12-19(26)22-8-10-27-2)25-14-17-18(15-25)28-11-9-24(17)13-16-6-4-3-5-7-16;/h3-7,17-18H,8-15H2,1-2H3,(H,21,23)(H,22,26);1H. The first kappa shape index (κ1) is 23.8. The van der Waals surface area contributed by atoms with Crippen LogP contribution in [0.4, 0.5) is 0 Å². The smallest absolute Gasteiger partial charge is 0.239 e. The number of hydrogen-bond donors (Lipinski definition) is 2. The van der Waals surface area contributed by atoms with Gasteiger partial charge in [0.25, 0.3) is 0 Å². The molecule has 2 aliphatic heterocycles. The van der Waals surface area contributed by atoms with Gasteiger partial charge in [-0.1, -0.05) is 30.3 Å². The van der Waals surface area contributed by atoms with Gasteiger partial charge in [0.15, 0.2) is 5.96 Å². The van der Waals surface area contributed by atoms with E-state index in [-0.39, 0.29) is 42.5 Å². The summed E-state index contributed by atoms with van der Waals surface area (Å²) >= 11 is 0. The van der Waals surface area contributed by atoms with Crippen molar-refractivity contribution in [3.05, 3.63) is 35.9 Å². The van der Waals surface area contributed by atoms with Gasteiger partial charge < -0.3 is 25.0 Å². The summed E-state index contributed by atoms with van der Waals surface area (Å²) in [5.41, 5.74) is 1.32. The monoisotopic (exact) mass is 517 g/mol. The number of methoxy groups -OCH3 is 1. The molecule has 0 saturated carbocycles.